The molecule has 2 N–H and O–H groups in total. The molecule has 0 aliphatic heterocycles. The first-order valence-corrected chi connectivity index (χ1v) is 7.24. The summed E-state index contributed by atoms with van der Waals surface area (Å²) in [6, 6.07) is 21.5. The lowest BCUT2D eigenvalue weighted by Crippen LogP contribution is -2.07. The van der Waals surface area contributed by atoms with Gasteiger partial charge in [0, 0.05) is 17.4 Å². The average molecular weight is 302 g/mol. The van der Waals surface area contributed by atoms with Crippen LogP contribution in [0.15, 0.2) is 72.9 Å². The van der Waals surface area contributed by atoms with Gasteiger partial charge in [0.1, 0.15) is 0 Å². The Morgan fingerprint density at radius 2 is 1.35 bits per heavy atom. The van der Waals surface area contributed by atoms with Crippen LogP contribution in [0.4, 0.5) is 23.3 Å². The molecule has 2 heterocycles. The third-order valence-electron chi connectivity index (χ3n) is 3.32. The SMILES string of the molecule is c1ccc(Nc2nc(Nc3ccccc3)n3nccc3n2)cc1. The summed E-state index contributed by atoms with van der Waals surface area (Å²) in [7, 11) is 0. The lowest BCUT2D eigenvalue weighted by atomic mass is 10.3. The minimum absolute atomic E-state index is 0.516. The summed E-state index contributed by atoms with van der Waals surface area (Å²) in [5, 5.41) is 10.7. The standard InChI is InChI=1S/C17H14N6/c1-3-7-13(8-4-1)19-16-21-15-11-12-18-23(15)17(22-16)20-14-9-5-2-6-10-14/h1-12H,(H2,19,20,21,22). The van der Waals surface area contributed by atoms with E-state index < -0.39 is 0 Å². The van der Waals surface area contributed by atoms with Crippen molar-refractivity contribution in [1.82, 2.24) is 19.6 Å². The summed E-state index contributed by atoms with van der Waals surface area (Å²) in [5.41, 5.74) is 2.59. The zero-order valence-corrected chi connectivity index (χ0v) is 12.2. The lowest BCUT2D eigenvalue weighted by Gasteiger charge is -2.10. The first-order valence-electron chi connectivity index (χ1n) is 7.24. The second-order valence-electron chi connectivity index (χ2n) is 4.95. The first kappa shape index (κ1) is 13.3. The molecule has 0 aliphatic rings. The molecule has 23 heavy (non-hydrogen) atoms. The third-order valence-corrected chi connectivity index (χ3v) is 3.32. The van der Waals surface area contributed by atoms with E-state index in [4.69, 9.17) is 0 Å². The van der Waals surface area contributed by atoms with Gasteiger partial charge in [-0.2, -0.15) is 19.6 Å². The fraction of sp³-hybridized carbons (Fsp3) is 0. The molecule has 0 fully saturated rings. The van der Waals surface area contributed by atoms with Crippen molar-refractivity contribution in [3.63, 3.8) is 0 Å². The molecule has 0 atom stereocenters. The van der Waals surface area contributed by atoms with Crippen molar-refractivity contribution < 1.29 is 0 Å². The molecule has 0 bridgehead atoms. The van der Waals surface area contributed by atoms with Gasteiger partial charge >= 0.3 is 0 Å². The fourth-order valence-corrected chi connectivity index (χ4v) is 2.26. The second-order valence-corrected chi connectivity index (χ2v) is 4.95. The molecule has 6 nitrogen and oxygen atoms in total. The highest BCUT2D eigenvalue weighted by Crippen LogP contribution is 2.19. The maximum atomic E-state index is 4.53. The van der Waals surface area contributed by atoms with Crippen LogP contribution in [0.3, 0.4) is 0 Å². The number of anilines is 4. The molecule has 0 unspecified atom stereocenters. The molecular formula is C17H14N6. The van der Waals surface area contributed by atoms with Crippen molar-refractivity contribution in [3.05, 3.63) is 72.9 Å². The van der Waals surface area contributed by atoms with Crippen LogP contribution in [0.25, 0.3) is 5.65 Å². The number of fused-ring (bicyclic) bond motifs is 1. The van der Waals surface area contributed by atoms with Gasteiger partial charge in [-0.1, -0.05) is 36.4 Å². The molecule has 112 valence electrons. The van der Waals surface area contributed by atoms with E-state index in [9.17, 15) is 0 Å². The summed E-state index contributed by atoms with van der Waals surface area (Å²) in [5.74, 6) is 1.12. The highest BCUT2D eigenvalue weighted by atomic mass is 15.4. The summed E-state index contributed by atoms with van der Waals surface area (Å²) in [6.45, 7) is 0. The van der Waals surface area contributed by atoms with E-state index in [1.807, 2.05) is 66.7 Å². The molecular weight excluding hydrogens is 288 g/mol. The van der Waals surface area contributed by atoms with Gasteiger partial charge in [-0.15, -0.1) is 0 Å². The fourth-order valence-electron chi connectivity index (χ4n) is 2.26. The van der Waals surface area contributed by atoms with Gasteiger partial charge in [0.05, 0.1) is 6.20 Å². The van der Waals surface area contributed by atoms with Crippen molar-refractivity contribution in [3.8, 4) is 0 Å². The van der Waals surface area contributed by atoms with E-state index in [2.05, 4.69) is 25.7 Å². The Hall–Kier alpha value is -3.41. The van der Waals surface area contributed by atoms with Gasteiger partial charge in [0.25, 0.3) is 0 Å². The van der Waals surface area contributed by atoms with Crippen LogP contribution in [-0.4, -0.2) is 19.6 Å². The Morgan fingerprint density at radius 3 is 2.04 bits per heavy atom. The highest BCUT2D eigenvalue weighted by molar-refractivity contribution is 5.61. The molecule has 4 rings (SSSR count). The predicted octanol–water partition coefficient (Wildman–Crippen LogP) is 3.61. The summed E-state index contributed by atoms with van der Waals surface area (Å²) < 4.78 is 1.67. The number of rotatable bonds is 4. The highest BCUT2D eigenvalue weighted by Gasteiger charge is 2.08. The number of nitrogens with one attached hydrogen (secondary N) is 2. The molecule has 6 heteroatoms. The van der Waals surface area contributed by atoms with Crippen LogP contribution in [0.5, 0.6) is 0 Å². The largest absolute Gasteiger partial charge is 0.324 e. The minimum atomic E-state index is 0.516. The van der Waals surface area contributed by atoms with Gasteiger partial charge in [0.2, 0.25) is 11.9 Å². The Balaban J connectivity index is 1.72. The maximum absolute atomic E-state index is 4.53. The van der Waals surface area contributed by atoms with Gasteiger partial charge < -0.3 is 10.6 Å². The van der Waals surface area contributed by atoms with E-state index >= 15 is 0 Å². The van der Waals surface area contributed by atoms with Gasteiger partial charge in [-0.25, -0.2) is 0 Å². The zero-order valence-electron chi connectivity index (χ0n) is 12.2. The van der Waals surface area contributed by atoms with Crippen molar-refractivity contribution in [2.24, 2.45) is 0 Å². The van der Waals surface area contributed by atoms with Crippen LogP contribution in [0.1, 0.15) is 0 Å². The Morgan fingerprint density at radius 1 is 0.696 bits per heavy atom. The first-order chi connectivity index (χ1) is 11.4. The quantitative estimate of drug-likeness (QED) is 0.603. The molecule has 0 radical (unpaired) electrons. The normalized spacial score (nSPS) is 10.6. The molecule has 0 amide bonds. The van der Waals surface area contributed by atoms with Crippen LogP contribution in [0, 0.1) is 0 Å². The molecule has 0 saturated carbocycles. The monoisotopic (exact) mass is 302 g/mol. The Kier molecular flexibility index (Phi) is 3.32. The van der Waals surface area contributed by atoms with Gasteiger partial charge in [-0.05, 0) is 24.3 Å². The molecule has 0 saturated heterocycles. The third kappa shape index (κ3) is 2.82. The second kappa shape index (κ2) is 5.76. The minimum Gasteiger partial charge on any atom is -0.324 e. The van der Waals surface area contributed by atoms with Crippen molar-refractivity contribution in [2.75, 3.05) is 10.6 Å². The molecule has 2 aromatic carbocycles. The Bertz CT molecular complexity index is 918. The van der Waals surface area contributed by atoms with Crippen LogP contribution in [0.2, 0.25) is 0 Å². The Labute approximate surface area is 132 Å². The number of hydrogen-bond donors (Lipinski definition) is 2. The van der Waals surface area contributed by atoms with E-state index in [0.717, 1.165) is 17.0 Å². The smallest absolute Gasteiger partial charge is 0.233 e. The molecule has 0 spiro atoms. The van der Waals surface area contributed by atoms with Crippen LogP contribution < -0.4 is 10.6 Å². The van der Waals surface area contributed by atoms with Crippen molar-refractivity contribution in [2.45, 2.75) is 0 Å². The summed E-state index contributed by atoms with van der Waals surface area (Å²) in [6.07, 6.45) is 1.70. The number of hydrogen-bond acceptors (Lipinski definition) is 5. The topological polar surface area (TPSA) is 67.1 Å². The van der Waals surface area contributed by atoms with Gasteiger partial charge in [-0.3, -0.25) is 0 Å². The lowest BCUT2D eigenvalue weighted by molar-refractivity contribution is 0.907. The van der Waals surface area contributed by atoms with Crippen molar-refractivity contribution >= 4 is 28.9 Å². The van der Waals surface area contributed by atoms with Gasteiger partial charge in [0.15, 0.2) is 5.65 Å². The van der Waals surface area contributed by atoms with E-state index in [1.165, 1.54) is 0 Å². The van der Waals surface area contributed by atoms with E-state index in [0.29, 0.717) is 11.9 Å². The maximum Gasteiger partial charge on any atom is 0.233 e. The van der Waals surface area contributed by atoms with Crippen LogP contribution in [-0.2, 0) is 0 Å². The molecule has 4 aromatic rings. The number of aromatic nitrogens is 4. The van der Waals surface area contributed by atoms with E-state index in [1.54, 1.807) is 10.7 Å². The zero-order chi connectivity index (χ0) is 15.5. The number of nitrogens with zero attached hydrogens (tertiary/aromatic N) is 4. The average Bonchev–Trinajstić information content (AvgIpc) is 3.05. The molecule has 0 aliphatic carbocycles. The number of para-hydroxylation sites is 2. The predicted molar refractivity (Wildman–Crippen MR) is 90.2 cm³/mol. The number of benzene rings is 2. The van der Waals surface area contributed by atoms with Crippen LogP contribution >= 0.6 is 0 Å². The summed E-state index contributed by atoms with van der Waals surface area (Å²) in [4.78, 5) is 9.00. The van der Waals surface area contributed by atoms with Crippen molar-refractivity contribution in [1.29, 1.82) is 0 Å². The summed E-state index contributed by atoms with van der Waals surface area (Å²) >= 11 is 0. The molecule has 2 aromatic heterocycles. The van der Waals surface area contributed by atoms with E-state index in [-0.39, 0.29) is 0 Å².